The third-order valence-electron chi connectivity index (χ3n) is 3.87. The van der Waals surface area contributed by atoms with Crippen LogP contribution in [0.2, 0.25) is 0 Å². The van der Waals surface area contributed by atoms with Crippen LogP contribution in [0.1, 0.15) is 51.4 Å². The van der Waals surface area contributed by atoms with Crippen molar-refractivity contribution < 1.29 is 14.6 Å². The molecule has 2 rings (SSSR count). The van der Waals surface area contributed by atoms with E-state index in [0.717, 1.165) is 51.2 Å². The Hall–Kier alpha value is -0.570. The third kappa shape index (κ3) is 3.48. The van der Waals surface area contributed by atoms with Crippen LogP contribution in [-0.2, 0) is 9.53 Å². The quantitative estimate of drug-likeness (QED) is 0.615. The van der Waals surface area contributed by atoms with Gasteiger partial charge in [0.2, 0.25) is 0 Å². The van der Waals surface area contributed by atoms with E-state index < -0.39 is 5.97 Å². The van der Waals surface area contributed by atoms with Crippen molar-refractivity contribution in [3.63, 3.8) is 0 Å². The van der Waals surface area contributed by atoms with Crippen LogP contribution in [0.3, 0.4) is 0 Å². The lowest BCUT2D eigenvalue weighted by atomic mass is 10.00. The van der Waals surface area contributed by atoms with Crippen molar-refractivity contribution in [2.45, 2.75) is 51.4 Å². The molecule has 3 nitrogen and oxygen atoms in total. The second kappa shape index (κ2) is 5.17. The van der Waals surface area contributed by atoms with Gasteiger partial charge in [0.05, 0.1) is 5.41 Å². The smallest absolute Gasteiger partial charge is 0.309 e. The minimum absolute atomic E-state index is 0.339. The van der Waals surface area contributed by atoms with Crippen LogP contribution in [0.15, 0.2) is 0 Å². The number of rotatable bonds is 9. The summed E-state index contributed by atoms with van der Waals surface area (Å²) in [7, 11) is 0. The highest BCUT2D eigenvalue weighted by molar-refractivity contribution is 5.77. The Morgan fingerprint density at radius 1 is 1.25 bits per heavy atom. The van der Waals surface area contributed by atoms with Gasteiger partial charge >= 0.3 is 5.97 Å². The minimum atomic E-state index is -0.595. The van der Waals surface area contributed by atoms with Gasteiger partial charge in [-0.3, -0.25) is 4.79 Å². The second-order valence-electron chi connectivity index (χ2n) is 5.39. The van der Waals surface area contributed by atoms with Gasteiger partial charge in [-0.05, 0) is 38.0 Å². The fourth-order valence-electron chi connectivity index (χ4n) is 2.15. The fraction of sp³-hybridized carbons (Fsp3) is 0.923. The molecule has 16 heavy (non-hydrogen) atoms. The second-order valence-corrected chi connectivity index (χ2v) is 5.39. The summed E-state index contributed by atoms with van der Waals surface area (Å²) in [5, 5.41) is 8.98. The van der Waals surface area contributed by atoms with Crippen LogP contribution in [0.4, 0.5) is 0 Å². The van der Waals surface area contributed by atoms with Crippen LogP contribution >= 0.6 is 0 Å². The molecule has 2 fully saturated rings. The Balaban J connectivity index is 1.41. The number of hydrogen-bond acceptors (Lipinski definition) is 2. The molecule has 0 unspecified atom stereocenters. The third-order valence-corrected chi connectivity index (χ3v) is 3.87. The first-order valence-corrected chi connectivity index (χ1v) is 6.54. The molecule has 1 N–H and O–H groups in total. The minimum Gasteiger partial charge on any atom is -0.481 e. The maximum absolute atomic E-state index is 10.9. The SMILES string of the molecule is O=C(O)C1(CCCCOCCC2CC2)CC1. The zero-order valence-corrected chi connectivity index (χ0v) is 9.91. The molecule has 0 atom stereocenters. The predicted octanol–water partition coefficient (Wildman–Crippen LogP) is 2.84. The normalized spacial score (nSPS) is 22.0. The molecule has 0 aromatic rings. The van der Waals surface area contributed by atoms with E-state index in [1.807, 2.05) is 0 Å². The Labute approximate surface area is 97.2 Å². The van der Waals surface area contributed by atoms with E-state index >= 15 is 0 Å². The van der Waals surface area contributed by atoms with Crippen LogP contribution in [0.25, 0.3) is 0 Å². The first-order chi connectivity index (χ1) is 7.73. The molecule has 0 spiro atoms. The van der Waals surface area contributed by atoms with E-state index in [1.54, 1.807) is 0 Å². The molecule has 92 valence electrons. The van der Waals surface area contributed by atoms with E-state index in [1.165, 1.54) is 19.3 Å². The number of carbonyl (C=O) groups is 1. The van der Waals surface area contributed by atoms with Crippen LogP contribution < -0.4 is 0 Å². The predicted molar refractivity (Wildman–Crippen MR) is 61.3 cm³/mol. The number of ether oxygens (including phenoxy) is 1. The topological polar surface area (TPSA) is 46.5 Å². The van der Waals surface area contributed by atoms with Crippen molar-refractivity contribution in [1.29, 1.82) is 0 Å². The summed E-state index contributed by atoms with van der Waals surface area (Å²) in [6.07, 6.45) is 8.62. The Morgan fingerprint density at radius 2 is 2.00 bits per heavy atom. The number of carboxylic acid groups (broad SMARTS) is 1. The number of hydrogen-bond donors (Lipinski definition) is 1. The van der Waals surface area contributed by atoms with Crippen molar-refractivity contribution in [3.05, 3.63) is 0 Å². The van der Waals surface area contributed by atoms with Gasteiger partial charge in [-0.25, -0.2) is 0 Å². The molecule has 3 heteroatoms. The standard InChI is InChI=1S/C13H22O3/c14-12(15)13(7-8-13)6-1-2-9-16-10-5-11-3-4-11/h11H,1-10H2,(H,14,15). The van der Waals surface area contributed by atoms with E-state index in [0.29, 0.717) is 0 Å². The molecule has 0 amide bonds. The Bertz CT molecular complexity index is 242. The van der Waals surface area contributed by atoms with Crippen LogP contribution in [0, 0.1) is 11.3 Å². The summed E-state index contributed by atoms with van der Waals surface area (Å²) in [5.41, 5.74) is -0.339. The number of unbranched alkanes of at least 4 members (excludes halogenated alkanes) is 1. The monoisotopic (exact) mass is 226 g/mol. The van der Waals surface area contributed by atoms with E-state index in [4.69, 9.17) is 9.84 Å². The van der Waals surface area contributed by atoms with Gasteiger partial charge in [-0.1, -0.05) is 19.3 Å². The molecule has 0 aromatic heterocycles. The highest BCUT2D eigenvalue weighted by Crippen LogP contribution is 2.50. The summed E-state index contributed by atoms with van der Waals surface area (Å²) in [6.45, 7) is 1.71. The molecule has 0 bridgehead atoms. The Morgan fingerprint density at radius 3 is 2.56 bits per heavy atom. The van der Waals surface area contributed by atoms with Gasteiger partial charge < -0.3 is 9.84 Å². The molecular formula is C13H22O3. The molecule has 0 aromatic carbocycles. The van der Waals surface area contributed by atoms with Crippen molar-refractivity contribution in [2.75, 3.05) is 13.2 Å². The summed E-state index contributed by atoms with van der Waals surface area (Å²) in [4.78, 5) is 10.9. The van der Waals surface area contributed by atoms with Gasteiger partial charge in [-0.2, -0.15) is 0 Å². The van der Waals surface area contributed by atoms with Crippen molar-refractivity contribution in [1.82, 2.24) is 0 Å². The largest absolute Gasteiger partial charge is 0.481 e. The van der Waals surface area contributed by atoms with Gasteiger partial charge in [0.15, 0.2) is 0 Å². The zero-order chi connectivity index (χ0) is 11.4. The lowest BCUT2D eigenvalue weighted by molar-refractivity contribution is -0.143. The van der Waals surface area contributed by atoms with Crippen molar-refractivity contribution in [3.8, 4) is 0 Å². The summed E-state index contributed by atoms with van der Waals surface area (Å²) < 4.78 is 5.53. The maximum Gasteiger partial charge on any atom is 0.309 e. The van der Waals surface area contributed by atoms with Gasteiger partial charge in [0, 0.05) is 13.2 Å². The maximum atomic E-state index is 10.9. The van der Waals surface area contributed by atoms with Crippen molar-refractivity contribution >= 4 is 5.97 Å². The van der Waals surface area contributed by atoms with Crippen LogP contribution in [-0.4, -0.2) is 24.3 Å². The highest BCUT2D eigenvalue weighted by atomic mass is 16.5. The summed E-state index contributed by atoms with van der Waals surface area (Å²) >= 11 is 0. The first kappa shape index (κ1) is 11.9. The zero-order valence-electron chi connectivity index (χ0n) is 9.91. The van der Waals surface area contributed by atoms with Crippen LogP contribution in [0.5, 0.6) is 0 Å². The average Bonchev–Trinajstić information content (AvgIpc) is 3.12. The van der Waals surface area contributed by atoms with E-state index in [9.17, 15) is 4.79 Å². The van der Waals surface area contributed by atoms with Gasteiger partial charge in [0.1, 0.15) is 0 Å². The molecule has 2 saturated carbocycles. The van der Waals surface area contributed by atoms with E-state index in [2.05, 4.69) is 0 Å². The van der Waals surface area contributed by atoms with Gasteiger partial charge in [-0.15, -0.1) is 0 Å². The summed E-state index contributed by atoms with van der Waals surface area (Å²) in [6, 6.07) is 0. The molecule has 2 aliphatic rings. The number of aliphatic carboxylic acids is 1. The molecular weight excluding hydrogens is 204 g/mol. The summed E-state index contributed by atoms with van der Waals surface area (Å²) in [5.74, 6) is 0.351. The lowest BCUT2D eigenvalue weighted by Gasteiger charge is -2.09. The molecule has 0 aliphatic heterocycles. The Kier molecular flexibility index (Phi) is 3.85. The molecule has 2 aliphatic carbocycles. The first-order valence-electron chi connectivity index (χ1n) is 6.54. The average molecular weight is 226 g/mol. The molecule has 0 saturated heterocycles. The lowest BCUT2D eigenvalue weighted by Crippen LogP contribution is -2.14. The highest BCUT2D eigenvalue weighted by Gasteiger charge is 2.49. The number of carboxylic acids is 1. The molecule has 0 heterocycles. The fourth-order valence-corrected chi connectivity index (χ4v) is 2.15. The molecule has 0 radical (unpaired) electrons. The van der Waals surface area contributed by atoms with E-state index in [-0.39, 0.29) is 5.41 Å². The van der Waals surface area contributed by atoms with Gasteiger partial charge in [0.25, 0.3) is 0 Å². The van der Waals surface area contributed by atoms with Crippen molar-refractivity contribution in [2.24, 2.45) is 11.3 Å².